The number of aliphatic hydroxyl groups is 3. The topological polar surface area (TPSA) is 98.0 Å². The first-order valence-corrected chi connectivity index (χ1v) is 15.0. The summed E-state index contributed by atoms with van der Waals surface area (Å²) in [5, 5.41) is 40.0. The number of fused-ring (bicyclic) bond motifs is 7. The van der Waals surface area contributed by atoms with E-state index in [4.69, 9.17) is 5.11 Å². The molecule has 4 N–H and O–H groups in total. The Labute approximate surface area is 225 Å². The third-order valence-electron chi connectivity index (χ3n) is 13.4. The Balaban J connectivity index is 0.00000102. The van der Waals surface area contributed by atoms with Crippen LogP contribution in [0.3, 0.4) is 0 Å². The smallest absolute Gasteiger partial charge is 0.310 e. The highest BCUT2D eigenvalue weighted by molar-refractivity contribution is 5.76. The summed E-state index contributed by atoms with van der Waals surface area (Å²) in [6.07, 6.45) is 8.53. The molecule has 0 aliphatic heterocycles. The van der Waals surface area contributed by atoms with Gasteiger partial charge in [0.15, 0.2) is 0 Å². The van der Waals surface area contributed by atoms with Gasteiger partial charge < -0.3 is 20.4 Å². The van der Waals surface area contributed by atoms with Crippen LogP contribution in [0, 0.1) is 56.7 Å². The Morgan fingerprint density at radius 2 is 1.59 bits per heavy atom. The van der Waals surface area contributed by atoms with Gasteiger partial charge in [-0.1, -0.05) is 60.1 Å². The molecule has 5 nitrogen and oxygen atoms in total. The number of aliphatic carboxylic acids is 1. The molecule has 0 aromatic rings. The molecule has 4 fully saturated rings. The lowest BCUT2D eigenvalue weighted by atomic mass is 9.33. The largest absolute Gasteiger partial charge is 0.481 e. The number of carboxylic acid groups (broad SMARTS) is 1. The lowest BCUT2D eigenvalue weighted by Crippen LogP contribution is -2.67. The van der Waals surface area contributed by atoms with Crippen LogP contribution in [0.5, 0.6) is 0 Å². The van der Waals surface area contributed by atoms with Crippen molar-refractivity contribution >= 4 is 5.97 Å². The van der Waals surface area contributed by atoms with Crippen LogP contribution in [0.4, 0.5) is 0 Å². The third-order valence-corrected chi connectivity index (χ3v) is 13.4. The van der Waals surface area contributed by atoms with E-state index in [-0.39, 0.29) is 34.2 Å². The molecule has 5 rings (SSSR count). The van der Waals surface area contributed by atoms with Crippen molar-refractivity contribution in [2.75, 3.05) is 6.61 Å². The van der Waals surface area contributed by atoms with Crippen molar-refractivity contribution in [3.63, 3.8) is 0 Å². The number of carboxylic acids is 1. The Morgan fingerprint density at radius 1 is 0.973 bits per heavy atom. The minimum Gasteiger partial charge on any atom is -0.481 e. The van der Waals surface area contributed by atoms with Crippen molar-refractivity contribution in [1.29, 1.82) is 0 Å². The van der Waals surface area contributed by atoms with Gasteiger partial charge in [-0.25, -0.2) is 0 Å². The molecule has 5 aliphatic carbocycles. The average Bonchev–Trinajstić information content (AvgIpc) is 2.80. The number of hydrogen-bond acceptors (Lipinski definition) is 4. The van der Waals surface area contributed by atoms with Gasteiger partial charge in [0.1, 0.15) is 0 Å². The fourth-order valence-electron chi connectivity index (χ4n) is 11.0. The van der Waals surface area contributed by atoms with Crippen LogP contribution < -0.4 is 0 Å². The van der Waals surface area contributed by atoms with E-state index in [1.165, 1.54) is 5.57 Å². The SMILES string of the molecule is CCO.C[C@H]1[C@H](C)CC[C@]2(C(=O)O)CC[C@]3(C)C(=CC[C@@H]4[C@@]5(C)C[C@@H](O)[C@H](O)C(C)(C)[C@@H]5CC[C@]43C)[C@H]12. The predicted molar refractivity (Wildman–Crippen MR) is 147 cm³/mol. The van der Waals surface area contributed by atoms with E-state index >= 15 is 0 Å². The Hall–Kier alpha value is -0.910. The van der Waals surface area contributed by atoms with Crippen LogP contribution in [0.1, 0.15) is 107 Å². The molecule has 0 saturated heterocycles. The van der Waals surface area contributed by atoms with Crippen LogP contribution in [-0.4, -0.2) is 45.2 Å². The number of rotatable bonds is 1. The zero-order valence-electron chi connectivity index (χ0n) is 24.7. The molecular formula is C32H54O5. The van der Waals surface area contributed by atoms with Crippen molar-refractivity contribution in [2.24, 2.45) is 56.7 Å². The molecule has 0 amide bonds. The molecule has 212 valence electrons. The molecule has 0 radical (unpaired) electrons. The first-order valence-electron chi connectivity index (χ1n) is 15.0. The van der Waals surface area contributed by atoms with Gasteiger partial charge in [0.25, 0.3) is 0 Å². The van der Waals surface area contributed by atoms with Gasteiger partial charge in [-0.15, -0.1) is 0 Å². The summed E-state index contributed by atoms with van der Waals surface area (Å²) in [6.45, 7) is 18.2. The second-order valence-electron chi connectivity index (χ2n) is 15.0. The van der Waals surface area contributed by atoms with E-state index in [0.29, 0.717) is 30.1 Å². The standard InChI is InChI=1S/C30H48O4.C2H6O/c1-17-10-13-30(25(33)34)15-14-28(6)19(23(30)18(17)2)8-9-22-27(5)16-20(31)24(32)26(3,4)21(27)11-12-29(22,28)7;1-2-3/h8,17-18,20-24,31-32H,9-16H2,1-7H3,(H,33,34);3H,2H2,1H3/t17-,18+,20-,21+,22-,23+,24+,27+,28-,29-,30+;/m1./s1. The summed E-state index contributed by atoms with van der Waals surface area (Å²) in [4.78, 5) is 12.8. The summed E-state index contributed by atoms with van der Waals surface area (Å²) in [7, 11) is 0. The number of allylic oxidation sites excluding steroid dienone is 2. The fraction of sp³-hybridized carbons (Fsp3) is 0.906. The molecule has 0 bridgehead atoms. The predicted octanol–water partition coefficient (Wildman–Crippen LogP) is 6.06. The number of carbonyl (C=O) groups is 1. The minimum absolute atomic E-state index is 0.00993. The van der Waals surface area contributed by atoms with Crippen LogP contribution in [0.25, 0.3) is 0 Å². The third kappa shape index (κ3) is 3.76. The van der Waals surface area contributed by atoms with E-state index in [0.717, 1.165) is 44.9 Å². The molecule has 0 unspecified atom stereocenters. The molecule has 0 aromatic heterocycles. The van der Waals surface area contributed by atoms with Crippen molar-refractivity contribution < 1.29 is 25.2 Å². The van der Waals surface area contributed by atoms with Gasteiger partial charge in [0.2, 0.25) is 0 Å². The molecule has 0 spiro atoms. The highest BCUT2D eigenvalue weighted by Crippen LogP contribution is 2.75. The average molecular weight is 519 g/mol. The highest BCUT2D eigenvalue weighted by Gasteiger charge is 2.70. The minimum atomic E-state index is -0.679. The molecule has 5 heteroatoms. The van der Waals surface area contributed by atoms with Gasteiger partial charge >= 0.3 is 5.97 Å². The molecule has 5 aliphatic rings. The highest BCUT2D eigenvalue weighted by atomic mass is 16.4. The van der Waals surface area contributed by atoms with E-state index in [1.807, 2.05) is 0 Å². The zero-order chi connectivity index (χ0) is 27.8. The van der Waals surface area contributed by atoms with Crippen molar-refractivity contribution in [3.05, 3.63) is 11.6 Å². The normalized spacial score (nSPS) is 52.2. The molecule has 0 aromatic carbocycles. The van der Waals surface area contributed by atoms with Crippen molar-refractivity contribution in [3.8, 4) is 0 Å². The van der Waals surface area contributed by atoms with E-state index < -0.39 is 23.6 Å². The maximum absolute atomic E-state index is 12.8. The van der Waals surface area contributed by atoms with E-state index in [1.54, 1.807) is 6.92 Å². The molecule has 37 heavy (non-hydrogen) atoms. The van der Waals surface area contributed by atoms with Gasteiger partial charge in [-0.3, -0.25) is 4.79 Å². The maximum Gasteiger partial charge on any atom is 0.310 e. The van der Waals surface area contributed by atoms with Gasteiger partial charge in [0.05, 0.1) is 17.6 Å². The number of hydrogen-bond donors (Lipinski definition) is 4. The Morgan fingerprint density at radius 3 is 2.19 bits per heavy atom. The van der Waals surface area contributed by atoms with Crippen LogP contribution in [0.2, 0.25) is 0 Å². The zero-order valence-corrected chi connectivity index (χ0v) is 24.7. The summed E-state index contributed by atoms with van der Waals surface area (Å²) in [6, 6.07) is 0. The summed E-state index contributed by atoms with van der Waals surface area (Å²) >= 11 is 0. The summed E-state index contributed by atoms with van der Waals surface area (Å²) in [5.41, 5.74) is 0.574. The van der Waals surface area contributed by atoms with Crippen molar-refractivity contribution in [2.45, 2.75) is 119 Å². The van der Waals surface area contributed by atoms with E-state index in [2.05, 4.69) is 54.5 Å². The van der Waals surface area contributed by atoms with Crippen LogP contribution in [-0.2, 0) is 4.79 Å². The molecule has 4 saturated carbocycles. The first kappa shape index (κ1) is 29.1. The van der Waals surface area contributed by atoms with Crippen molar-refractivity contribution in [1.82, 2.24) is 0 Å². The second kappa shape index (κ2) is 9.34. The van der Waals surface area contributed by atoms with Gasteiger partial charge in [-0.05, 0) is 110 Å². The Kier molecular flexibility index (Phi) is 7.34. The quantitative estimate of drug-likeness (QED) is 0.316. The maximum atomic E-state index is 12.8. The monoisotopic (exact) mass is 518 g/mol. The van der Waals surface area contributed by atoms with E-state index in [9.17, 15) is 20.1 Å². The first-order chi connectivity index (χ1) is 17.1. The molecule has 11 atom stereocenters. The van der Waals surface area contributed by atoms with Crippen LogP contribution >= 0.6 is 0 Å². The molecular weight excluding hydrogens is 464 g/mol. The van der Waals surface area contributed by atoms with Gasteiger partial charge in [0, 0.05) is 6.61 Å². The lowest BCUT2D eigenvalue weighted by Gasteiger charge is -2.71. The Bertz CT molecular complexity index is 926. The molecule has 0 heterocycles. The summed E-state index contributed by atoms with van der Waals surface area (Å²) < 4.78 is 0. The number of aliphatic hydroxyl groups excluding tert-OH is 3. The summed E-state index contributed by atoms with van der Waals surface area (Å²) in [5.74, 6) is 1.30. The van der Waals surface area contributed by atoms with Crippen LogP contribution in [0.15, 0.2) is 11.6 Å². The second-order valence-corrected chi connectivity index (χ2v) is 15.0. The van der Waals surface area contributed by atoms with Gasteiger partial charge in [-0.2, -0.15) is 0 Å². The fourth-order valence-corrected chi connectivity index (χ4v) is 11.0. The lowest BCUT2D eigenvalue weighted by molar-refractivity contribution is -0.232.